The van der Waals surface area contributed by atoms with Crippen LogP contribution in [0, 0.1) is 5.92 Å². The minimum atomic E-state index is 0.718. The first-order chi connectivity index (χ1) is 7.20. The van der Waals surface area contributed by atoms with Crippen molar-refractivity contribution in [3.8, 4) is 0 Å². The van der Waals surface area contributed by atoms with Crippen LogP contribution in [0.5, 0.6) is 0 Å². The molecular formula is C12H25N3. The van der Waals surface area contributed by atoms with Crippen molar-refractivity contribution >= 4 is 0 Å². The maximum atomic E-state index is 3.48. The zero-order chi connectivity index (χ0) is 10.8. The molecule has 1 aliphatic heterocycles. The van der Waals surface area contributed by atoms with E-state index in [1.807, 2.05) is 0 Å². The molecule has 2 rings (SSSR count). The van der Waals surface area contributed by atoms with Crippen molar-refractivity contribution in [3.05, 3.63) is 0 Å². The van der Waals surface area contributed by atoms with Gasteiger partial charge in [-0.3, -0.25) is 4.90 Å². The number of piperazine rings is 1. The highest BCUT2D eigenvalue weighted by Gasteiger charge is 2.32. The number of hydrogen-bond acceptors (Lipinski definition) is 3. The summed E-state index contributed by atoms with van der Waals surface area (Å²) in [5.74, 6) is 0.963. The van der Waals surface area contributed by atoms with E-state index in [2.05, 4.69) is 36.1 Å². The van der Waals surface area contributed by atoms with Gasteiger partial charge in [0.25, 0.3) is 0 Å². The summed E-state index contributed by atoms with van der Waals surface area (Å²) in [6.07, 6.45) is 2.88. The maximum absolute atomic E-state index is 3.48. The summed E-state index contributed by atoms with van der Waals surface area (Å²) in [4.78, 5) is 5.09. The third kappa shape index (κ3) is 2.92. The molecule has 0 amide bonds. The molecule has 3 nitrogen and oxygen atoms in total. The summed E-state index contributed by atoms with van der Waals surface area (Å²) in [5, 5.41) is 3.48. The van der Waals surface area contributed by atoms with Gasteiger partial charge in [-0.2, -0.15) is 0 Å². The van der Waals surface area contributed by atoms with Crippen LogP contribution in [0.4, 0.5) is 0 Å². The molecule has 2 fully saturated rings. The molecule has 88 valence electrons. The third-order valence-corrected chi connectivity index (χ3v) is 4.06. The van der Waals surface area contributed by atoms with Gasteiger partial charge in [-0.25, -0.2) is 0 Å². The lowest BCUT2D eigenvalue weighted by Gasteiger charge is -2.39. The summed E-state index contributed by atoms with van der Waals surface area (Å²) < 4.78 is 0. The Bertz CT molecular complexity index is 203. The highest BCUT2D eigenvalue weighted by atomic mass is 15.3. The van der Waals surface area contributed by atoms with Gasteiger partial charge in [0.2, 0.25) is 0 Å². The number of nitrogens with zero attached hydrogens (tertiary/aromatic N) is 2. The maximum Gasteiger partial charge on any atom is 0.0220 e. The van der Waals surface area contributed by atoms with Crippen molar-refractivity contribution in [1.82, 2.24) is 15.1 Å². The molecule has 0 aromatic carbocycles. The summed E-state index contributed by atoms with van der Waals surface area (Å²) in [7, 11) is 4.35. The standard InChI is InChI=1S/C12H25N3/c1-10-8-15(7-6-14(10)3)9-12(13-2)11-4-5-11/h10-13H,4-9H2,1-3H3. The van der Waals surface area contributed by atoms with Gasteiger partial charge in [-0.15, -0.1) is 0 Å². The predicted octanol–water partition coefficient (Wildman–Crippen LogP) is 0.620. The second-order valence-electron chi connectivity index (χ2n) is 5.32. The fourth-order valence-corrected chi connectivity index (χ4v) is 2.54. The fourth-order valence-electron chi connectivity index (χ4n) is 2.54. The molecule has 0 spiro atoms. The minimum Gasteiger partial charge on any atom is -0.315 e. The van der Waals surface area contributed by atoms with Crippen LogP contribution in [-0.2, 0) is 0 Å². The molecule has 0 radical (unpaired) electrons. The first-order valence-electron chi connectivity index (χ1n) is 6.30. The minimum absolute atomic E-state index is 0.718. The van der Waals surface area contributed by atoms with E-state index in [0.29, 0.717) is 0 Å². The van der Waals surface area contributed by atoms with Gasteiger partial charge < -0.3 is 10.2 Å². The summed E-state index contributed by atoms with van der Waals surface area (Å²) in [6, 6.07) is 1.45. The summed E-state index contributed by atoms with van der Waals surface area (Å²) in [5.41, 5.74) is 0. The molecule has 2 aliphatic rings. The van der Waals surface area contributed by atoms with E-state index in [4.69, 9.17) is 0 Å². The van der Waals surface area contributed by atoms with Gasteiger partial charge in [0, 0.05) is 38.3 Å². The van der Waals surface area contributed by atoms with E-state index >= 15 is 0 Å². The second-order valence-corrected chi connectivity index (χ2v) is 5.32. The van der Waals surface area contributed by atoms with E-state index in [1.54, 1.807) is 0 Å². The molecule has 1 heterocycles. The Morgan fingerprint density at radius 3 is 2.60 bits per heavy atom. The topological polar surface area (TPSA) is 18.5 Å². The molecule has 1 aliphatic carbocycles. The molecule has 0 bridgehead atoms. The highest BCUT2D eigenvalue weighted by Crippen LogP contribution is 2.32. The summed E-state index contributed by atoms with van der Waals surface area (Å²) >= 11 is 0. The van der Waals surface area contributed by atoms with Crippen molar-refractivity contribution < 1.29 is 0 Å². The number of hydrogen-bond donors (Lipinski definition) is 1. The van der Waals surface area contributed by atoms with Crippen LogP contribution in [0.2, 0.25) is 0 Å². The van der Waals surface area contributed by atoms with Gasteiger partial charge in [-0.1, -0.05) is 0 Å². The second kappa shape index (κ2) is 4.81. The van der Waals surface area contributed by atoms with Crippen LogP contribution in [0.3, 0.4) is 0 Å². The number of likely N-dealkylation sites (N-methyl/N-ethyl adjacent to an activating group) is 2. The molecule has 1 saturated heterocycles. The lowest BCUT2D eigenvalue weighted by atomic mass is 10.1. The quantitative estimate of drug-likeness (QED) is 0.735. The molecule has 1 saturated carbocycles. The monoisotopic (exact) mass is 211 g/mol. The van der Waals surface area contributed by atoms with Crippen LogP contribution in [0.1, 0.15) is 19.8 Å². The molecule has 2 unspecified atom stereocenters. The van der Waals surface area contributed by atoms with Gasteiger partial charge in [-0.05, 0) is 39.8 Å². The van der Waals surface area contributed by atoms with Crippen LogP contribution in [0.15, 0.2) is 0 Å². The average Bonchev–Trinajstić information content (AvgIpc) is 3.03. The molecule has 15 heavy (non-hydrogen) atoms. The van der Waals surface area contributed by atoms with Crippen molar-refractivity contribution in [1.29, 1.82) is 0 Å². The van der Waals surface area contributed by atoms with Gasteiger partial charge >= 0.3 is 0 Å². The molecule has 0 aromatic rings. The number of rotatable bonds is 4. The highest BCUT2D eigenvalue weighted by molar-refractivity contribution is 4.89. The molecule has 3 heteroatoms. The molecular weight excluding hydrogens is 186 g/mol. The zero-order valence-corrected chi connectivity index (χ0v) is 10.4. The largest absolute Gasteiger partial charge is 0.315 e. The lowest BCUT2D eigenvalue weighted by Crippen LogP contribution is -2.53. The first kappa shape index (κ1) is 11.4. The van der Waals surface area contributed by atoms with Crippen LogP contribution < -0.4 is 5.32 Å². The SMILES string of the molecule is CNC(CN1CCN(C)C(C)C1)C1CC1. The van der Waals surface area contributed by atoms with Gasteiger partial charge in [0.15, 0.2) is 0 Å². The Labute approximate surface area is 93.8 Å². The zero-order valence-electron chi connectivity index (χ0n) is 10.4. The summed E-state index contributed by atoms with van der Waals surface area (Å²) in [6.45, 7) is 7.28. The fraction of sp³-hybridized carbons (Fsp3) is 1.00. The van der Waals surface area contributed by atoms with Crippen molar-refractivity contribution in [3.63, 3.8) is 0 Å². The normalized spacial score (nSPS) is 31.8. The lowest BCUT2D eigenvalue weighted by molar-refractivity contribution is 0.0955. The molecule has 0 aromatic heterocycles. The van der Waals surface area contributed by atoms with Gasteiger partial charge in [0.05, 0.1) is 0 Å². The molecule has 2 atom stereocenters. The van der Waals surface area contributed by atoms with E-state index in [9.17, 15) is 0 Å². The van der Waals surface area contributed by atoms with Crippen molar-refractivity contribution in [2.45, 2.75) is 31.8 Å². The van der Waals surface area contributed by atoms with Gasteiger partial charge in [0.1, 0.15) is 0 Å². The Hall–Kier alpha value is -0.120. The smallest absolute Gasteiger partial charge is 0.0220 e. The van der Waals surface area contributed by atoms with Crippen molar-refractivity contribution in [2.75, 3.05) is 40.3 Å². The number of nitrogens with one attached hydrogen (secondary N) is 1. The Kier molecular flexibility index (Phi) is 3.65. The Balaban J connectivity index is 1.78. The van der Waals surface area contributed by atoms with Crippen molar-refractivity contribution in [2.24, 2.45) is 5.92 Å². The Morgan fingerprint density at radius 2 is 2.07 bits per heavy atom. The first-order valence-corrected chi connectivity index (χ1v) is 6.30. The Morgan fingerprint density at radius 1 is 1.33 bits per heavy atom. The van der Waals surface area contributed by atoms with Crippen LogP contribution >= 0.6 is 0 Å². The van der Waals surface area contributed by atoms with Crippen LogP contribution in [-0.4, -0.2) is 62.2 Å². The van der Waals surface area contributed by atoms with E-state index in [-0.39, 0.29) is 0 Å². The third-order valence-electron chi connectivity index (χ3n) is 4.06. The van der Waals surface area contributed by atoms with E-state index in [0.717, 1.165) is 18.0 Å². The average molecular weight is 211 g/mol. The van der Waals surface area contributed by atoms with E-state index in [1.165, 1.54) is 39.0 Å². The van der Waals surface area contributed by atoms with Crippen LogP contribution in [0.25, 0.3) is 0 Å². The van der Waals surface area contributed by atoms with E-state index < -0.39 is 0 Å². The predicted molar refractivity (Wildman–Crippen MR) is 64.1 cm³/mol. The molecule has 1 N–H and O–H groups in total.